The van der Waals surface area contributed by atoms with Gasteiger partial charge in [0.05, 0.1) is 11.0 Å². The van der Waals surface area contributed by atoms with Crippen LogP contribution in [0.15, 0.2) is 18.2 Å². The first-order valence-electron chi connectivity index (χ1n) is 4.55. The number of aryl methyl sites for hydroxylation is 1. The van der Waals surface area contributed by atoms with Crippen LogP contribution in [0.3, 0.4) is 0 Å². The third kappa shape index (κ3) is 1.78. The first-order valence-corrected chi connectivity index (χ1v) is 4.96. The number of hydrogen-bond acceptors (Lipinski definition) is 2. The zero-order chi connectivity index (χ0) is 11.0. The van der Waals surface area contributed by atoms with Crippen LogP contribution in [-0.4, -0.2) is 15.5 Å². The summed E-state index contributed by atoms with van der Waals surface area (Å²) in [5.74, 6) is -0.395. The number of fused-ring (bicyclic) bond motifs is 1. The normalized spacial score (nSPS) is 10.7. The van der Waals surface area contributed by atoms with Crippen LogP contribution in [0.2, 0.25) is 0 Å². The highest BCUT2D eigenvalue weighted by atomic mass is 32.1. The average molecular weight is 221 g/mol. The van der Waals surface area contributed by atoms with Crippen LogP contribution in [0.4, 0.5) is 0 Å². The second-order valence-corrected chi connectivity index (χ2v) is 3.89. The molecule has 0 unspecified atom stereocenters. The summed E-state index contributed by atoms with van der Waals surface area (Å²) < 4.78 is 2.23. The van der Waals surface area contributed by atoms with Gasteiger partial charge >= 0.3 is 0 Å². The van der Waals surface area contributed by atoms with Crippen LogP contribution in [0.25, 0.3) is 11.0 Å². The van der Waals surface area contributed by atoms with Gasteiger partial charge in [-0.25, -0.2) is 0 Å². The molecule has 0 aliphatic heterocycles. The molecule has 4 nitrogen and oxygen atoms in total. The Kier molecular flexibility index (Phi) is 2.32. The molecule has 0 saturated heterocycles. The Balaban J connectivity index is 2.70. The van der Waals surface area contributed by atoms with E-state index in [4.69, 9.17) is 18.0 Å². The molecule has 1 heterocycles. The topological polar surface area (TPSA) is 63.8 Å². The largest absolute Gasteiger partial charge is 0.368 e. The Morgan fingerprint density at radius 3 is 3.00 bits per heavy atom. The standard InChI is InChI=1S/C10H11N3OS/c1-6-2-3-7-8(4-6)13(5-9(11)14)10(15)12-7/h2-4H,5H2,1H3,(H2,11,14)(H,12,15). The number of nitrogens with one attached hydrogen (secondary N) is 1. The van der Waals surface area contributed by atoms with E-state index in [1.807, 2.05) is 25.1 Å². The number of H-pyrrole nitrogens is 1. The second kappa shape index (κ2) is 3.51. The van der Waals surface area contributed by atoms with E-state index < -0.39 is 5.91 Å². The van der Waals surface area contributed by atoms with E-state index in [1.54, 1.807) is 4.57 Å². The Morgan fingerprint density at radius 2 is 2.33 bits per heavy atom. The van der Waals surface area contributed by atoms with Crippen LogP contribution in [-0.2, 0) is 11.3 Å². The van der Waals surface area contributed by atoms with Crippen molar-refractivity contribution in [1.82, 2.24) is 9.55 Å². The van der Waals surface area contributed by atoms with Gasteiger partial charge in [-0.1, -0.05) is 6.07 Å². The molecular weight excluding hydrogens is 210 g/mol. The molecule has 15 heavy (non-hydrogen) atoms. The summed E-state index contributed by atoms with van der Waals surface area (Å²) in [5, 5.41) is 0. The lowest BCUT2D eigenvalue weighted by molar-refractivity contribution is -0.118. The molecule has 0 aliphatic carbocycles. The lowest BCUT2D eigenvalue weighted by atomic mass is 10.2. The summed E-state index contributed by atoms with van der Waals surface area (Å²) in [4.78, 5) is 13.9. The van der Waals surface area contributed by atoms with Crippen molar-refractivity contribution in [3.05, 3.63) is 28.5 Å². The third-order valence-electron chi connectivity index (χ3n) is 2.24. The maximum absolute atomic E-state index is 10.9. The lowest BCUT2D eigenvalue weighted by Gasteiger charge is -2.01. The number of carbonyl (C=O) groups excluding carboxylic acids is 1. The molecule has 2 rings (SSSR count). The van der Waals surface area contributed by atoms with Crippen LogP contribution in [0, 0.1) is 11.7 Å². The van der Waals surface area contributed by atoms with E-state index >= 15 is 0 Å². The van der Waals surface area contributed by atoms with Gasteiger partial charge in [-0.05, 0) is 36.8 Å². The van der Waals surface area contributed by atoms with Crippen molar-refractivity contribution in [3.8, 4) is 0 Å². The first-order chi connectivity index (χ1) is 7.08. The SMILES string of the molecule is Cc1ccc2[nH]c(=S)n(CC(N)=O)c2c1. The number of aromatic amines is 1. The van der Waals surface area contributed by atoms with Gasteiger partial charge in [0, 0.05) is 0 Å². The molecule has 5 heteroatoms. The summed E-state index contributed by atoms with van der Waals surface area (Å²) >= 11 is 5.11. The van der Waals surface area contributed by atoms with E-state index in [1.165, 1.54) is 0 Å². The van der Waals surface area contributed by atoms with Gasteiger partial charge in [0.25, 0.3) is 0 Å². The zero-order valence-corrected chi connectivity index (χ0v) is 9.10. The van der Waals surface area contributed by atoms with Gasteiger partial charge in [-0.15, -0.1) is 0 Å². The summed E-state index contributed by atoms with van der Waals surface area (Å²) in [6, 6.07) is 5.91. The van der Waals surface area contributed by atoms with E-state index in [-0.39, 0.29) is 6.54 Å². The van der Waals surface area contributed by atoms with Crippen molar-refractivity contribution < 1.29 is 4.79 Å². The fraction of sp³-hybridized carbons (Fsp3) is 0.200. The molecule has 0 aliphatic rings. The fourth-order valence-electron chi connectivity index (χ4n) is 1.58. The molecule has 3 N–H and O–H groups in total. The predicted octanol–water partition coefficient (Wildman–Crippen LogP) is 1.49. The molecule has 2 aromatic rings. The summed E-state index contributed by atoms with van der Waals surface area (Å²) in [5.41, 5.74) is 8.12. The minimum atomic E-state index is -0.395. The average Bonchev–Trinajstić information content (AvgIpc) is 2.43. The molecule has 0 fully saturated rings. The maximum Gasteiger partial charge on any atom is 0.237 e. The number of primary amides is 1. The molecule has 78 valence electrons. The molecule has 0 bridgehead atoms. The summed E-state index contributed by atoms with van der Waals surface area (Å²) in [6.07, 6.45) is 0. The molecular formula is C10H11N3OS. The smallest absolute Gasteiger partial charge is 0.237 e. The lowest BCUT2D eigenvalue weighted by Crippen LogP contribution is -2.18. The molecule has 1 aromatic heterocycles. The second-order valence-electron chi connectivity index (χ2n) is 3.50. The molecule has 1 amide bonds. The van der Waals surface area contributed by atoms with Crippen LogP contribution in [0.5, 0.6) is 0 Å². The minimum Gasteiger partial charge on any atom is -0.368 e. The Bertz CT molecular complexity index is 582. The number of carbonyl (C=O) groups is 1. The highest BCUT2D eigenvalue weighted by molar-refractivity contribution is 7.71. The van der Waals surface area contributed by atoms with E-state index in [0.717, 1.165) is 16.6 Å². The Morgan fingerprint density at radius 1 is 1.60 bits per heavy atom. The number of hydrogen-bond donors (Lipinski definition) is 2. The number of imidazole rings is 1. The number of nitrogens with zero attached hydrogens (tertiary/aromatic N) is 1. The zero-order valence-electron chi connectivity index (χ0n) is 8.28. The van der Waals surface area contributed by atoms with Crippen LogP contribution < -0.4 is 5.73 Å². The number of rotatable bonds is 2. The maximum atomic E-state index is 10.9. The first kappa shape index (κ1) is 9.92. The van der Waals surface area contributed by atoms with E-state index in [0.29, 0.717) is 4.77 Å². The fourth-order valence-corrected chi connectivity index (χ4v) is 1.85. The van der Waals surface area contributed by atoms with Gasteiger partial charge in [-0.3, -0.25) is 4.79 Å². The molecule has 0 radical (unpaired) electrons. The van der Waals surface area contributed by atoms with Crippen molar-refractivity contribution in [1.29, 1.82) is 0 Å². The summed E-state index contributed by atoms with van der Waals surface area (Å²) in [6.45, 7) is 2.10. The molecule has 0 saturated carbocycles. The van der Waals surface area contributed by atoms with Crippen molar-refractivity contribution in [2.24, 2.45) is 5.73 Å². The number of aromatic nitrogens is 2. The molecule has 1 aromatic carbocycles. The van der Waals surface area contributed by atoms with Gasteiger partial charge in [0.1, 0.15) is 6.54 Å². The van der Waals surface area contributed by atoms with Gasteiger partial charge in [0.2, 0.25) is 5.91 Å². The van der Waals surface area contributed by atoms with Crippen molar-refractivity contribution in [2.75, 3.05) is 0 Å². The third-order valence-corrected chi connectivity index (χ3v) is 2.57. The van der Waals surface area contributed by atoms with Crippen molar-refractivity contribution in [2.45, 2.75) is 13.5 Å². The Hall–Kier alpha value is -1.62. The number of nitrogens with two attached hydrogens (primary N) is 1. The summed E-state index contributed by atoms with van der Waals surface area (Å²) in [7, 11) is 0. The van der Waals surface area contributed by atoms with Gasteiger partial charge in [0.15, 0.2) is 4.77 Å². The van der Waals surface area contributed by atoms with Crippen molar-refractivity contribution in [3.63, 3.8) is 0 Å². The highest BCUT2D eigenvalue weighted by Gasteiger charge is 2.06. The van der Waals surface area contributed by atoms with Gasteiger partial charge in [-0.2, -0.15) is 0 Å². The quantitative estimate of drug-likeness (QED) is 0.755. The van der Waals surface area contributed by atoms with Gasteiger partial charge < -0.3 is 15.3 Å². The van der Waals surface area contributed by atoms with Crippen LogP contribution in [0.1, 0.15) is 5.56 Å². The molecule has 0 atom stereocenters. The Labute approximate surface area is 91.7 Å². The minimum absolute atomic E-state index is 0.113. The predicted molar refractivity (Wildman–Crippen MR) is 61.1 cm³/mol. The molecule has 0 spiro atoms. The number of benzene rings is 1. The highest BCUT2D eigenvalue weighted by Crippen LogP contribution is 2.15. The monoisotopic (exact) mass is 221 g/mol. The van der Waals surface area contributed by atoms with E-state index in [9.17, 15) is 4.79 Å². The van der Waals surface area contributed by atoms with Crippen molar-refractivity contribution >= 4 is 29.2 Å². The number of amides is 1. The van der Waals surface area contributed by atoms with Crippen LogP contribution >= 0.6 is 12.2 Å². The van der Waals surface area contributed by atoms with E-state index in [2.05, 4.69) is 4.98 Å².